The predicted molar refractivity (Wildman–Crippen MR) is 55.8 cm³/mol. The monoisotopic (exact) mass is 197 g/mol. The number of pyridine rings is 1. The van der Waals surface area contributed by atoms with Crippen molar-refractivity contribution in [2.75, 3.05) is 24.5 Å². The third-order valence-corrected chi connectivity index (χ3v) is 2.05. The van der Waals surface area contributed by atoms with Crippen molar-refractivity contribution in [2.24, 2.45) is 5.73 Å². The standard InChI is InChI=1S/C10H16FN3/c1-2-14(8-4-6-12)10-9(11)5-3-7-13-10/h3,5,7H,2,4,6,8,12H2,1H3. The van der Waals surface area contributed by atoms with Gasteiger partial charge in [-0.25, -0.2) is 9.37 Å². The Bertz CT molecular complexity index is 278. The molecule has 0 aliphatic heterocycles. The van der Waals surface area contributed by atoms with Gasteiger partial charge in [-0.15, -0.1) is 0 Å². The molecule has 0 amide bonds. The molecule has 0 aliphatic rings. The third kappa shape index (κ3) is 2.67. The van der Waals surface area contributed by atoms with E-state index in [0.29, 0.717) is 12.4 Å². The Balaban J connectivity index is 2.73. The minimum atomic E-state index is -0.272. The Morgan fingerprint density at radius 2 is 2.36 bits per heavy atom. The van der Waals surface area contributed by atoms with Crippen molar-refractivity contribution in [1.29, 1.82) is 0 Å². The first-order valence-corrected chi connectivity index (χ1v) is 4.85. The van der Waals surface area contributed by atoms with Gasteiger partial charge in [0.2, 0.25) is 0 Å². The zero-order valence-corrected chi connectivity index (χ0v) is 8.41. The summed E-state index contributed by atoms with van der Waals surface area (Å²) in [5.41, 5.74) is 5.41. The first-order chi connectivity index (χ1) is 6.79. The number of nitrogens with zero attached hydrogens (tertiary/aromatic N) is 2. The molecule has 0 unspecified atom stereocenters. The summed E-state index contributed by atoms with van der Waals surface area (Å²) in [6.07, 6.45) is 2.45. The van der Waals surface area contributed by atoms with E-state index in [1.807, 2.05) is 11.8 Å². The fraction of sp³-hybridized carbons (Fsp3) is 0.500. The van der Waals surface area contributed by atoms with Crippen LogP contribution in [0.5, 0.6) is 0 Å². The molecule has 0 atom stereocenters. The van der Waals surface area contributed by atoms with E-state index in [1.165, 1.54) is 6.07 Å². The van der Waals surface area contributed by atoms with Gasteiger partial charge in [0.15, 0.2) is 11.6 Å². The number of rotatable bonds is 5. The molecule has 0 bridgehead atoms. The third-order valence-electron chi connectivity index (χ3n) is 2.05. The van der Waals surface area contributed by atoms with Gasteiger partial charge in [0.1, 0.15) is 0 Å². The second kappa shape index (κ2) is 5.54. The molecular formula is C10H16FN3. The zero-order valence-electron chi connectivity index (χ0n) is 8.41. The molecule has 0 saturated carbocycles. The molecule has 0 saturated heterocycles. The number of anilines is 1. The lowest BCUT2D eigenvalue weighted by atomic mass is 10.3. The first-order valence-electron chi connectivity index (χ1n) is 4.85. The lowest BCUT2D eigenvalue weighted by Crippen LogP contribution is -2.27. The van der Waals surface area contributed by atoms with Crippen LogP contribution < -0.4 is 10.6 Å². The van der Waals surface area contributed by atoms with Crippen molar-refractivity contribution >= 4 is 5.82 Å². The maximum absolute atomic E-state index is 13.3. The summed E-state index contributed by atoms with van der Waals surface area (Å²) in [6.45, 7) is 4.09. The molecule has 4 heteroatoms. The van der Waals surface area contributed by atoms with Crippen LogP contribution in [-0.4, -0.2) is 24.6 Å². The summed E-state index contributed by atoms with van der Waals surface area (Å²) < 4.78 is 13.3. The van der Waals surface area contributed by atoms with E-state index >= 15 is 0 Å². The summed E-state index contributed by atoms with van der Waals surface area (Å²) in [7, 11) is 0. The van der Waals surface area contributed by atoms with Crippen molar-refractivity contribution in [2.45, 2.75) is 13.3 Å². The molecule has 0 aromatic carbocycles. The Kier molecular flexibility index (Phi) is 4.32. The predicted octanol–water partition coefficient (Wildman–Crippen LogP) is 1.40. The van der Waals surface area contributed by atoms with Gasteiger partial charge in [-0.3, -0.25) is 0 Å². The Morgan fingerprint density at radius 1 is 1.57 bits per heavy atom. The molecular weight excluding hydrogens is 181 g/mol. The number of nitrogens with two attached hydrogens (primary N) is 1. The topological polar surface area (TPSA) is 42.1 Å². The SMILES string of the molecule is CCN(CCCN)c1ncccc1F. The molecule has 78 valence electrons. The highest BCUT2D eigenvalue weighted by atomic mass is 19.1. The van der Waals surface area contributed by atoms with Crippen molar-refractivity contribution in [3.05, 3.63) is 24.1 Å². The van der Waals surface area contributed by atoms with Crippen LogP contribution in [0.4, 0.5) is 10.2 Å². The van der Waals surface area contributed by atoms with E-state index in [0.717, 1.165) is 19.5 Å². The average molecular weight is 197 g/mol. The van der Waals surface area contributed by atoms with Crippen LogP contribution in [0.25, 0.3) is 0 Å². The van der Waals surface area contributed by atoms with E-state index in [4.69, 9.17) is 5.73 Å². The summed E-state index contributed by atoms with van der Waals surface area (Å²) in [5, 5.41) is 0. The molecule has 0 spiro atoms. The maximum atomic E-state index is 13.3. The number of hydrogen-bond acceptors (Lipinski definition) is 3. The van der Waals surface area contributed by atoms with Gasteiger partial charge >= 0.3 is 0 Å². The Labute approximate surface area is 83.7 Å². The van der Waals surface area contributed by atoms with Gasteiger partial charge < -0.3 is 10.6 Å². The van der Waals surface area contributed by atoms with Gasteiger partial charge in [0, 0.05) is 19.3 Å². The van der Waals surface area contributed by atoms with Gasteiger partial charge in [-0.05, 0) is 32.0 Å². The Morgan fingerprint density at radius 3 is 2.93 bits per heavy atom. The van der Waals surface area contributed by atoms with Crippen molar-refractivity contribution in [3.63, 3.8) is 0 Å². The molecule has 2 N–H and O–H groups in total. The van der Waals surface area contributed by atoms with Crippen LogP contribution in [0.2, 0.25) is 0 Å². The van der Waals surface area contributed by atoms with Gasteiger partial charge in [0.05, 0.1) is 0 Å². The fourth-order valence-corrected chi connectivity index (χ4v) is 1.31. The van der Waals surface area contributed by atoms with Crippen LogP contribution in [0.1, 0.15) is 13.3 Å². The smallest absolute Gasteiger partial charge is 0.165 e. The lowest BCUT2D eigenvalue weighted by molar-refractivity contribution is 0.607. The summed E-state index contributed by atoms with van der Waals surface area (Å²) >= 11 is 0. The first kappa shape index (κ1) is 10.9. The van der Waals surface area contributed by atoms with Crippen LogP contribution in [0.3, 0.4) is 0 Å². The van der Waals surface area contributed by atoms with Crippen LogP contribution in [0, 0.1) is 5.82 Å². The van der Waals surface area contributed by atoms with Gasteiger partial charge in [0.25, 0.3) is 0 Å². The summed E-state index contributed by atoms with van der Waals surface area (Å²) in [5.74, 6) is 0.148. The maximum Gasteiger partial charge on any atom is 0.165 e. The normalized spacial score (nSPS) is 10.2. The van der Waals surface area contributed by atoms with Crippen molar-refractivity contribution in [3.8, 4) is 0 Å². The highest BCUT2D eigenvalue weighted by Gasteiger charge is 2.09. The molecule has 1 aromatic rings. The molecule has 0 aliphatic carbocycles. The minimum absolute atomic E-state index is 0.272. The van der Waals surface area contributed by atoms with E-state index in [1.54, 1.807) is 12.3 Å². The molecule has 0 fully saturated rings. The number of halogens is 1. The molecule has 1 aromatic heterocycles. The average Bonchev–Trinajstić information content (AvgIpc) is 2.21. The van der Waals surface area contributed by atoms with Gasteiger partial charge in [-0.1, -0.05) is 0 Å². The largest absolute Gasteiger partial charge is 0.354 e. The van der Waals surface area contributed by atoms with Crippen LogP contribution >= 0.6 is 0 Å². The molecule has 0 radical (unpaired) electrons. The van der Waals surface area contributed by atoms with Crippen LogP contribution in [-0.2, 0) is 0 Å². The van der Waals surface area contributed by atoms with E-state index in [2.05, 4.69) is 4.98 Å². The molecule has 14 heavy (non-hydrogen) atoms. The second-order valence-corrected chi connectivity index (χ2v) is 3.03. The zero-order chi connectivity index (χ0) is 10.4. The van der Waals surface area contributed by atoms with Gasteiger partial charge in [-0.2, -0.15) is 0 Å². The minimum Gasteiger partial charge on any atom is -0.354 e. The Hall–Kier alpha value is -1.16. The highest BCUT2D eigenvalue weighted by Crippen LogP contribution is 2.14. The fourth-order valence-electron chi connectivity index (χ4n) is 1.31. The second-order valence-electron chi connectivity index (χ2n) is 3.03. The quantitative estimate of drug-likeness (QED) is 0.775. The van der Waals surface area contributed by atoms with Crippen molar-refractivity contribution < 1.29 is 4.39 Å². The summed E-state index contributed by atoms with van der Waals surface area (Å²) in [6, 6.07) is 3.02. The molecule has 1 rings (SSSR count). The van der Waals surface area contributed by atoms with Crippen molar-refractivity contribution in [1.82, 2.24) is 4.98 Å². The lowest BCUT2D eigenvalue weighted by Gasteiger charge is -2.21. The van der Waals surface area contributed by atoms with E-state index in [-0.39, 0.29) is 5.82 Å². The molecule has 3 nitrogen and oxygen atoms in total. The highest BCUT2D eigenvalue weighted by molar-refractivity contribution is 5.39. The number of hydrogen-bond donors (Lipinski definition) is 1. The summed E-state index contributed by atoms with van der Waals surface area (Å²) in [4.78, 5) is 5.90. The van der Waals surface area contributed by atoms with E-state index in [9.17, 15) is 4.39 Å². The van der Waals surface area contributed by atoms with E-state index < -0.39 is 0 Å². The number of aromatic nitrogens is 1. The van der Waals surface area contributed by atoms with Crippen LogP contribution in [0.15, 0.2) is 18.3 Å². The molecule has 1 heterocycles.